The summed E-state index contributed by atoms with van der Waals surface area (Å²) in [6.07, 6.45) is 0.471. The van der Waals surface area contributed by atoms with Crippen molar-refractivity contribution in [2.24, 2.45) is 5.92 Å². The summed E-state index contributed by atoms with van der Waals surface area (Å²) in [6.45, 7) is 3.12. The van der Waals surface area contributed by atoms with Crippen LogP contribution in [-0.2, 0) is 4.79 Å². The number of rotatable bonds is 4. The third-order valence-electron chi connectivity index (χ3n) is 4.00. The van der Waals surface area contributed by atoms with Crippen molar-refractivity contribution in [3.05, 3.63) is 35.4 Å². The number of carbonyl (C=O) groups is 3. The van der Waals surface area contributed by atoms with Crippen LogP contribution in [0.5, 0.6) is 0 Å². The van der Waals surface area contributed by atoms with Crippen LogP contribution in [0.4, 0.5) is 0 Å². The number of hydrogen-bond acceptors (Lipinski definition) is 3. The standard InChI is InChI=1S/C16H20N2O4/c1-3-17(2)14(19)11-5-4-6-12(9-11)15(20)18-8-7-13(10-18)16(21)22/h4-6,9,13H,3,7-8,10H2,1-2H3,(H,21,22). The molecule has 1 aliphatic heterocycles. The van der Waals surface area contributed by atoms with Gasteiger partial charge in [-0.1, -0.05) is 6.07 Å². The van der Waals surface area contributed by atoms with E-state index in [4.69, 9.17) is 5.11 Å². The number of aliphatic carboxylic acids is 1. The van der Waals surface area contributed by atoms with Gasteiger partial charge in [0.15, 0.2) is 0 Å². The SMILES string of the molecule is CCN(C)C(=O)c1cccc(C(=O)N2CCC(C(=O)O)C2)c1. The average molecular weight is 304 g/mol. The minimum atomic E-state index is -0.871. The van der Waals surface area contributed by atoms with E-state index in [1.807, 2.05) is 6.92 Å². The van der Waals surface area contributed by atoms with E-state index in [1.165, 1.54) is 4.90 Å². The Balaban J connectivity index is 2.14. The van der Waals surface area contributed by atoms with Crippen molar-refractivity contribution in [1.29, 1.82) is 0 Å². The number of carbonyl (C=O) groups excluding carboxylic acids is 2. The summed E-state index contributed by atoms with van der Waals surface area (Å²) in [5, 5.41) is 9.00. The monoisotopic (exact) mass is 304 g/mol. The van der Waals surface area contributed by atoms with Crippen LogP contribution in [0.25, 0.3) is 0 Å². The molecule has 6 heteroatoms. The molecule has 2 rings (SSSR count). The summed E-state index contributed by atoms with van der Waals surface area (Å²) < 4.78 is 0. The zero-order chi connectivity index (χ0) is 16.3. The molecule has 1 unspecified atom stereocenters. The molecule has 6 nitrogen and oxygen atoms in total. The predicted molar refractivity (Wildman–Crippen MR) is 80.7 cm³/mol. The second-order valence-electron chi connectivity index (χ2n) is 5.48. The summed E-state index contributed by atoms with van der Waals surface area (Å²) in [5.41, 5.74) is 0.880. The molecule has 1 aromatic rings. The van der Waals surface area contributed by atoms with E-state index in [0.717, 1.165) is 0 Å². The number of nitrogens with zero attached hydrogens (tertiary/aromatic N) is 2. The van der Waals surface area contributed by atoms with Gasteiger partial charge < -0.3 is 14.9 Å². The molecule has 0 radical (unpaired) electrons. The van der Waals surface area contributed by atoms with Gasteiger partial charge in [0.2, 0.25) is 0 Å². The van der Waals surface area contributed by atoms with Gasteiger partial charge in [0.25, 0.3) is 11.8 Å². The highest BCUT2D eigenvalue weighted by atomic mass is 16.4. The first kappa shape index (κ1) is 16.0. The number of carboxylic acids is 1. The first-order valence-electron chi connectivity index (χ1n) is 7.31. The van der Waals surface area contributed by atoms with Crippen LogP contribution in [0.15, 0.2) is 24.3 Å². The lowest BCUT2D eigenvalue weighted by atomic mass is 10.1. The van der Waals surface area contributed by atoms with Gasteiger partial charge in [0, 0.05) is 37.8 Å². The highest BCUT2D eigenvalue weighted by molar-refractivity contribution is 5.99. The summed E-state index contributed by atoms with van der Waals surface area (Å²) in [7, 11) is 1.70. The Morgan fingerprint density at radius 3 is 2.59 bits per heavy atom. The van der Waals surface area contributed by atoms with E-state index in [0.29, 0.717) is 30.6 Å². The molecule has 0 saturated carbocycles. The second-order valence-corrected chi connectivity index (χ2v) is 5.48. The lowest BCUT2D eigenvalue weighted by molar-refractivity contribution is -0.141. The number of likely N-dealkylation sites (tertiary alicyclic amines) is 1. The van der Waals surface area contributed by atoms with Crippen molar-refractivity contribution < 1.29 is 19.5 Å². The van der Waals surface area contributed by atoms with Crippen LogP contribution >= 0.6 is 0 Å². The van der Waals surface area contributed by atoms with Crippen LogP contribution in [0.3, 0.4) is 0 Å². The van der Waals surface area contributed by atoms with Gasteiger partial charge in [-0.05, 0) is 31.5 Å². The van der Waals surface area contributed by atoms with Gasteiger partial charge in [-0.15, -0.1) is 0 Å². The lowest BCUT2D eigenvalue weighted by Gasteiger charge is -2.17. The van der Waals surface area contributed by atoms with E-state index in [1.54, 1.807) is 36.2 Å². The number of carboxylic acid groups (broad SMARTS) is 1. The number of amides is 2. The van der Waals surface area contributed by atoms with Crippen molar-refractivity contribution in [3.63, 3.8) is 0 Å². The van der Waals surface area contributed by atoms with Crippen molar-refractivity contribution in [2.75, 3.05) is 26.7 Å². The van der Waals surface area contributed by atoms with Gasteiger partial charge in [-0.25, -0.2) is 0 Å². The van der Waals surface area contributed by atoms with Gasteiger partial charge in [0.1, 0.15) is 0 Å². The Kier molecular flexibility index (Phi) is 4.80. The Labute approximate surface area is 129 Å². The highest BCUT2D eigenvalue weighted by Crippen LogP contribution is 2.19. The fourth-order valence-electron chi connectivity index (χ4n) is 2.48. The molecule has 1 aromatic carbocycles. The van der Waals surface area contributed by atoms with Crippen LogP contribution in [-0.4, -0.2) is 59.4 Å². The summed E-state index contributed by atoms with van der Waals surface area (Å²) in [6, 6.07) is 6.58. The molecule has 22 heavy (non-hydrogen) atoms. The molecule has 0 aromatic heterocycles. The van der Waals surface area contributed by atoms with E-state index in [9.17, 15) is 14.4 Å². The fourth-order valence-corrected chi connectivity index (χ4v) is 2.48. The molecule has 1 atom stereocenters. The number of benzene rings is 1. The molecule has 1 N–H and O–H groups in total. The molecule has 0 aliphatic carbocycles. The Hall–Kier alpha value is -2.37. The molecule has 1 heterocycles. The van der Waals surface area contributed by atoms with Gasteiger partial charge in [0.05, 0.1) is 5.92 Å². The minimum Gasteiger partial charge on any atom is -0.481 e. The topological polar surface area (TPSA) is 77.9 Å². The smallest absolute Gasteiger partial charge is 0.308 e. The van der Waals surface area contributed by atoms with E-state index >= 15 is 0 Å². The van der Waals surface area contributed by atoms with Crippen molar-refractivity contribution in [1.82, 2.24) is 9.80 Å². The molecule has 0 bridgehead atoms. The molecular weight excluding hydrogens is 284 g/mol. The quantitative estimate of drug-likeness (QED) is 0.910. The zero-order valence-electron chi connectivity index (χ0n) is 12.8. The van der Waals surface area contributed by atoms with Crippen molar-refractivity contribution in [3.8, 4) is 0 Å². The van der Waals surface area contributed by atoms with E-state index in [2.05, 4.69) is 0 Å². The molecule has 1 fully saturated rings. The van der Waals surface area contributed by atoms with Gasteiger partial charge in [-0.3, -0.25) is 14.4 Å². The van der Waals surface area contributed by atoms with E-state index < -0.39 is 11.9 Å². The normalized spacial score (nSPS) is 17.4. The first-order chi connectivity index (χ1) is 10.4. The van der Waals surface area contributed by atoms with Crippen molar-refractivity contribution >= 4 is 17.8 Å². The molecule has 0 spiro atoms. The predicted octanol–water partition coefficient (Wildman–Crippen LogP) is 1.33. The zero-order valence-corrected chi connectivity index (χ0v) is 12.8. The van der Waals surface area contributed by atoms with Crippen LogP contribution in [0.1, 0.15) is 34.1 Å². The third-order valence-corrected chi connectivity index (χ3v) is 4.00. The maximum Gasteiger partial charge on any atom is 0.308 e. The highest BCUT2D eigenvalue weighted by Gasteiger charge is 2.31. The molecule has 118 valence electrons. The number of hydrogen-bond donors (Lipinski definition) is 1. The molecule has 1 saturated heterocycles. The lowest BCUT2D eigenvalue weighted by Crippen LogP contribution is -2.30. The second kappa shape index (κ2) is 6.60. The Morgan fingerprint density at radius 1 is 1.32 bits per heavy atom. The van der Waals surface area contributed by atoms with E-state index in [-0.39, 0.29) is 18.4 Å². The van der Waals surface area contributed by atoms with Crippen molar-refractivity contribution in [2.45, 2.75) is 13.3 Å². The summed E-state index contributed by atoms with van der Waals surface area (Å²) in [5.74, 6) is -1.73. The molecule has 2 amide bonds. The molecule has 1 aliphatic rings. The van der Waals surface area contributed by atoms with Gasteiger partial charge >= 0.3 is 5.97 Å². The first-order valence-corrected chi connectivity index (χ1v) is 7.31. The van der Waals surface area contributed by atoms with Crippen LogP contribution in [0, 0.1) is 5.92 Å². The molecular formula is C16H20N2O4. The fraction of sp³-hybridized carbons (Fsp3) is 0.438. The maximum absolute atomic E-state index is 12.4. The van der Waals surface area contributed by atoms with Crippen LogP contribution < -0.4 is 0 Å². The Morgan fingerprint density at radius 2 is 2.00 bits per heavy atom. The summed E-state index contributed by atoms with van der Waals surface area (Å²) in [4.78, 5) is 38.6. The maximum atomic E-state index is 12.4. The van der Waals surface area contributed by atoms with Crippen LogP contribution in [0.2, 0.25) is 0 Å². The third kappa shape index (κ3) is 3.27. The largest absolute Gasteiger partial charge is 0.481 e. The Bertz CT molecular complexity index is 600. The van der Waals surface area contributed by atoms with Gasteiger partial charge in [-0.2, -0.15) is 0 Å². The average Bonchev–Trinajstić information content (AvgIpc) is 3.03. The minimum absolute atomic E-state index is 0.137. The summed E-state index contributed by atoms with van der Waals surface area (Å²) >= 11 is 0.